The summed E-state index contributed by atoms with van der Waals surface area (Å²) in [4.78, 5) is 16.5. The smallest absolute Gasteiger partial charge is 0.271 e. The highest BCUT2D eigenvalue weighted by molar-refractivity contribution is 9.10. The summed E-state index contributed by atoms with van der Waals surface area (Å²) in [5, 5.41) is 5.65. The van der Waals surface area contributed by atoms with Crippen LogP contribution in [0, 0.1) is 0 Å². The van der Waals surface area contributed by atoms with Gasteiger partial charge >= 0.3 is 0 Å². The zero-order valence-corrected chi connectivity index (χ0v) is 14.4. The number of hydrogen-bond donors (Lipinski definition) is 2. The molecular formula is C14H15BrClN3OS. The number of carbonyl (C=O) groups excluding carboxylic acids is 1. The summed E-state index contributed by atoms with van der Waals surface area (Å²) >= 11 is 4.89. The first-order valence-corrected chi connectivity index (χ1v) is 8.03. The van der Waals surface area contributed by atoms with E-state index in [-0.39, 0.29) is 23.9 Å². The monoisotopic (exact) mass is 387 g/mol. The van der Waals surface area contributed by atoms with Gasteiger partial charge in [-0.15, -0.1) is 23.7 Å². The van der Waals surface area contributed by atoms with E-state index in [0.717, 1.165) is 27.9 Å². The number of benzene rings is 1. The third kappa shape index (κ3) is 3.45. The van der Waals surface area contributed by atoms with Crippen molar-refractivity contribution in [1.29, 1.82) is 0 Å². The molecule has 0 atom stereocenters. The standard InChI is InChI=1S/C14H14BrN3OS.ClH/c15-10-3-1-2-9(6-10)14(4-5-14)18-13(19)11-8-20-12(7-16)17-11;/h1-3,6,8H,4-5,7,16H2,(H,18,19);1H. The van der Waals surface area contributed by atoms with Crippen molar-refractivity contribution in [2.24, 2.45) is 5.73 Å². The minimum Gasteiger partial charge on any atom is -0.341 e. The summed E-state index contributed by atoms with van der Waals surface area (Å²) in [7, 11) is 0. The third-order valence-corrected chi connectivity index (χ3v) is 4.80. The van der Waals surface area contributed by atoms with Crippen LogP contribution in [0.5, 0.6) is 0 Å². The van der Waals surface area contributed by atoms with Gasteiger partial charge in [0.25, 0.3) is 5.91 Å². The molecule has 1 heterocycles. The van der Waals surface area contributed by atoms with Crippen LogP contribution in [0.1, 0.15) is 33.9 Å². The molecule has 4 nitrogen and oxygen atoms in total. The maximum atomic E-state index is 12.3. The molecule has 3 N–H and O–H groups in total. The molecule has 3 rings (SSSR count). The van der Waals surface area contributed by atoms with E-state index in [1.807, 2.05) is 18.2 Å². The van der Waals surface area contributed by atoms with Crippen molar-refractivity contribution < 1.29 is 4.79 Å². The number of carbonyl (C=O) groups is 1. The Bertz CT molecular complexity index is 657. The molecule has 1 aromatic carbocycles. The molecule has 21 heavy (non-hydrogen) atoms. The Morgan fingerprint density at radius 3 is 2.81 bits per heavy atom. The quantitative estimate of drug-likeness (QED) is 0.845. The summed E-state index contributed by atoms with van der Waals surface area (Å²) in [6, 6.07) is 8.07. The number of nitrogens with one attached hydrogen (secondary N) is 1. The lowest BCUT2D eigenvalue weighted by Crippen LogP contribution is -2.35. The lowest BCUT2D eigenvalue weighted by Gasteiger charge is -2.17. The first-order valence-electron chi connectivity index (χ1n) is 6.36. The van der Waals surface area contributed by atoms with E-state index in [1.54, 1.807) is 5.38 Å². The van der Waals surface area contributed by atoms with Gasteiger partial charge in [-0.05, 0) is 30.5 Å². The van der Waals surface area contributed by atoms with Crippen LogP contribution in [0.15, 0.2) is 34.1 Å². The fraction of sp³-hybridized carbons (Fsp3) is 0.286. The van der Waals surface area contributed by atoms with E-state index < -0.39 is 0 Å². The van der Waals surface area contributed by atoms with Gasteiger partial charge in [0.05, 0.1) is 5.54 Å². The average Bonchev–Trinajstić information content (AvgIpc) is 3.06. The first kappa shape index (κ1) is 16.4. The second kappa shape index (κ2) is 6.44. The van der Waals surface area contributed by atoms with Gasteiger partial charge in [-0.3, -0.25) is 4.79 Å². The fourth-order valence-corrected chi connectivity index (χ4v) is 3.24. The van der Waals surface area contributed by atoms with Crippen LogP contribution in [0.2, 0.25) is 0 Å². The van der Waals surface area contributed by atoms with Gasteiger partial charge in [0, 0.05) is 16.4 Å². The largest absolute Gasteiger partial charge is 0.341 e. The normalized spacial score (nSPS) is 15.1. The molecule has 1 aliphatic carbocycles. The molecule has 112 valence electrons. The SMILES string of the molecule is Cl.NCc1nc(C(=O)NC2(c3cccc(Br)c3)CC2)cs1. The molecule has 2 aromatic rings. The second-order valence-corrected chi connectivity index (χ2v) is 6.74. The molecule has 0 unspecified atom stereocenters. The van der Waals surface area contributed by atoms with Gasteiger partial charge in [0.15, 0.2) is 0 Å². The van der Waals surface area contributed by atoms with Crippen LogP contribution in [0.4, 0.5) is 0 Å². The third-order valence-electron chi connectivity index (χ3n) is 3.44. The summed E-state index contributed by atoms with van der Waals surface area (Å²) in [5.41, 5.74) is 6.88. The number of rotatable bonds is 4. The van der Waals surface area contributed by atoms with Crippen LogP contribution in [-0.2, 0) is 12.1 Å². The minimum atomic E-state index is -0.229. The van der Waals surface area contributed by atoms with Crippen LogP contribution < -0.4 is 11.1 Å². The number of nitrogens with zero attached hydrogens (tertiary/aromatic N) is 1. The number of nitrogens with two attached hydrogens (primary N) is 1. The van der Waals surface area contributed by atoms with Crippen LogP contribution in [0.25, 0.3) is 0 Å². The Morgan fingerprint density at radius 2 is 2.24 bits per heavy atom. The van der Waals surface area contributed by atoms with Gasteiger partial charge in [0.1, 0.15) is 10.7 Å². The lowest BCUT2D eigenvalue weighted by molar-refractivity contribution is 0.0926. The van der Waals surface area contributed by atoms with E-state index in [9.17, 15) is 4.79 Å². The predicted octanol–water partition coefficient (Wildman–Crippen LogP) is 3.21. The highest BCUT2D eigenvalue weighted by Crippen LogP contribution is 2.46. The number of aromatic nitrogens is 1. The molecule has 0 bridgehead atoms. The van der Waals surface area contributed by atoms with Gasteiger partial charge in [-0.25, -0.2) is 4.98 Å². The Hall–Kier alpha value is -0.950. The molecule has 0 aliphatic heterocycles. The van der Waals surface area contributed by atoms with Crippen LogP contribution in [0.3, 0.4) is 0 Å². The summed E-state index contributed by atoms with van der Waals surface area (Å²) < 4.78 is 1.02. The van der Waals surface area contributed by atoms with Gasteiger partial charge < -0.3 is 11.1 Å². The van der Waals surface area contributed by atoms with Crippen molar-refractivity contribution in [2.45, 2.75) is 24.9 Å². The number of hydrogen-bond acceptors (Lipinski definition) is 4. The summed E-state index contributed by atoms with van der Waals surface area (Å²) in [6.07, 6.45) is 1.92. The van der Waals surface area contributed by atoms with Gasteiger partial charge in [-0.2, -0.15) is 0 Å². The second-order valence-electron chi connectivity index (χ2n) is 4.88. The van der Waals surface area contributed by atoms with Crippen LogP contribution >= 0.6 is 39.7 Å². The number of thiazole rings is 1. The number of halogens is 2. The molecule has 1 aromatic heterocycles. The van der Waals surface area contributed by atoms with E-state index in [1.165, 1.54) is 11.3 Å². The van der Waals surface area contributed by atoms with E-state index in [2.05, 4.69) is 32.3 Å². The topological polar surface area (TPSA) is 68.0 Å². The summed E-state index contributed by atoms with van der Waals surface area (Å²) in [5.74, 6) is -0.126. The Labute approximate surface area is 141 Å². The average molecular weight is 389 g/mol. The lowest BCUT2D eigenvalue weighted by atomic mass is 10.1. The molecule has 1 saturated carbocycles. The molecule has 0 radical (unpaired) electrons. The number of amides is 1. The Morgan fingerprint density at radius 1 is 1.48 bits per heavy atom. The van der Waals surface area contributed by atoms with Crippen molar-refractivity contribution in [3.05, 3.63) is 50.4 Å². The van der Waals surface area contributed by atoms with Crippen molar-refractivity contribution >= 4 is 45.6 Å². The molecule has 1 amide bonds. The summed E-state index contributed by atoms with van der Waals surface area (Å²) in [6.45, 7) is 0.370. The predicted molar refractivity (Wildman–Crippen MR) is 89.8 cm³/mol. The Kier molecular flexibility index (Phi) is 5.03. The molecule has 0 spiro atoms. The van der Waals surface area contributed by atoms with Crippen molar-refractivity contribution in [2.75, 3.05) is 0 Å². The molecular weight excluding hydrogens is 374 g/mol. The highest BCUT2D eigenvalue weighted by Gasteiger charge is 2.46. The zero-order valence-electron chi connectivity index (χ0n) is 11.1. The highest BCUT2D eigenvalue weighted by atomic mass is 79.9. The first-order chi connectivity index (χ1) is 9.63. The van der Waals surface area contributed by atoms with Crippen molar-refractivity contribution in [1.82, 2.24) is 10.3 Å². The zero-order chi connectivity index (χ0) is 14.2. The van der Waals surface area contributed by atoms with Crippen LogP contribution in [-0.4, -0.2) is 10.9 Å². The minimum absolute atomic E-state index is 0. The fourth-order valence-electron chi connectivity index (χ4n) is 2.19. The van der Waals surface area contributed by atoms with Gasteiger partial charge in [0.2, 0.25) is 0 Å². The maximum absolute atomic E-state index is 12.3. The van der Waals surface area contributed by atoms with Crippen molar-refractivity contribution in [3.8, 4) is 0 Å². The van der Waals surface area contributed by atoms with Crippen molar-refractivity contribution in [3.63, 3.8) is 0 Å². The van der Waals surface area contributed by atoms with E-state index in [4.69, 9.17) is 5.73 Å². The maximum Gasteiger partial charge on any atom is 0.271 e. The van der Waals surface area contributed by atoms with Gasteiger partial charge in [-0.1, -0.05) is 28.1 Å². The Balaban J connectivity index is 0.00000161. The molecule has 0 saturated heterocycles. The molecule has 1 fully saturated rings. The van der Waals surface area contributed by atoms with E-state index in [0.29, 0.717) is 12.2 Å². The molecule has 7 heteroatoms. The molecule has 1 aliphatic rings. The van der Waals surface area contributed by atoms with E-state index >= 15 is 0 Å².